The predicted octanol–water partition coefficient (Wildman–Crippen LogP) is 1.52. The van der Waals surface area contributed by atoms with Crippen molar-refractivity contribution in [3.8, 4) is 0 Å². The predicted molar refractivity (Wildman–Crippen MR) is 59.3 cm³/mol. The third-order valence-corrected chi connectivity index (χ3v) is 3.29. The molecule has 0 radical (unpaired) electrons. The van der Waals surface area contributed by atoms with Crippen LogP contribution in [-0.4, -0.2) is 11.2 Å². The van der Waals surface area contributed by atoms with Gasteiger partial charge < -0.3 is 16.2 Å². The molecule has 1 aliphatic carbocycles. The summed E-state index contributed by atoms with van der Waals surface area (Å²) >= 11 is 0. The van der Waals surface area contributed by atoms with Gasteiger partial charge in [0.2, 0.25) is 0 Å². The van der Waals surface area contributed by atoms with Gasteiger partial charge in [-0.15, -0.1) is 0 Å². The minimum atomic E-state index is -0.365. The van der Waals surface area contributed by atoms with Gasteiger partial charge in [0.15, 0.2) is 0 Å². The zero-order valence-electron chi connectivity index (χ0n) is 8.40. The van der Waals surface area contributed by atoms with Crippen molar-refractivity contribution in [2.24, 2.45) is 5.73 Å². The minimum Gasteiger partial charge on any atom is -0.389 e. The molecular weight excluding hydrogens is 188 g/mol. The second kappa shape index (κ2) is 3.08. The number of hydrogen-bond donors (Lipinski definition) is 3. The van der Waals surface area contributed by atoms with Gasteiger partial charge in [0.05, 0.1) is 12.1 Å². The summed E-state index contributed by atoms with van der Waals surface area (Å²) in [4.78, 5) is 0. The molecule has 1 aromatic rings. The van der Waals surface area contributed by atoms with Gasteiger partial charge in [0.1, 0.15) is 0 Å². The maximum absolute atomic E-state index is 9.84. The van der Waals surface area contributed by atoms with E-state index >= 15 is 0 Å². The summed E-state index contributed by atoms with van der Waals surface area (Å²) in [6, 6.07) is 7.88. The Kier molecular flexibility index (Phi) is 1.84. The lowest BCUT2D eigenvalue weighted by Crippen LogP contribution is -2.25. The van der Waals surface area contributed by atoms with Gasteiger partial charge in [-0.25, -0.2) is 0 Å². The van der Waals surface area contributed by atoms with Gasteiger partial charge >= 0.3 is 0 Å². The Morgan fingerprint density at radius 1 is 1.33 bits per heavy atom. The lowest BCUT2D eigenvalue weighted by Gasteiger charge is -2.27. The number of fused-ring (bicyclic) bond motifs is 1. The van der Waals surface area contributed by atoms with Crippen molar-refractivity contribution in [2.45, 2.75) is 25.0 Å². The van der Waals surface area contributed by atoms with E-state index in [1.807, 2.05) is 24.3 Å². The highest BCUT2D eigenvalue weighted by molar-refractivity contribution is 5.63. The molecule has 3 rings (SSSR count). The Labute approximate surface area is 88.6 Å². The Hall–Kier alpha value is -1.32. The van der Waals surface area contributed by atoms with Crippen molar-refractivity contribution < 1.29 is 5.11 Å². The molecule has 1 aromatic carbocycles. The average Bonchev–Trinajstić information content (AvgIpc) is 2.61. The van der Waals surface area contributed by atoms with E-state index in [2.05, 4.69) is 5.32 Å². The summed E-state index contributed by atoms with van der Waals surface area (Å²) in [5, 5.41) is 13.2. The van der Waals surface area contributed by atoms with Gasteiger partial charge in [-0.3, -0.25) is 0 Å². The fourth-order valence-electron chi connectivity index (χ4n) is 2.52. The van der Waals surface area contributed by atoms with E-state index in [1.54, 1.807) is 0 Å². The van der Waals surface area contributed by atoms with Crippen molar-refractivity contribution in [1.29, 1.82) is 0 Å². The Balaban J connectivity index is 2.10. The van der Waals surface area contributed by atoms with Gasteiger partial charge in [-0.2, -0.15) is 0 Å². The number of aliphatic hydroxyl groups is 1. The molecule has 0 aromatic heterocycles. The Bertz CT molecular complexity index is 439. The van der Waals surface area contributed by atoms with Crippen molar-refractivity contribution in [2.75, 3.05) is 5.32 Å². The van der Waals surface area contributed by atoms with Gasteiger partial charge in [0, 0.05) is 11.4 Å². The van der Waals surface area contributed by atoms with Crippen LogP contribution in [0.1, 0.15) is 24.4 Å². The number of nitrogens with one attached hydrogen (secondary N) is 1. The number of allylic oxidation sites excluding steroid dienone is 1. The quantitative estimate of drug-likeness (QED) is 0.598. The summed E-state index contributed by atoms with van der Waals surface area (Å²) in [5.74, 6) is 0. The molecule has 3 heteroatoms. The van der Waals surface area contributed by atoms with Crippen LogP contribution in [0.2, 0.25) is 0 Å². The monoisotopic (exact) mass is 202 g/mol. The van der Waals surface area contributed by atoms with Crippen LogP contribution < -0.4 is 11.1 Å². The van der Waals surface area contributed by atoms with Crippen LogP contribution >= 0.6 is 0 Å². The summed E-state index contributed by atoms with van der Waals surface area (Å²) < 4.78 is 0. The van der Waals surface area contributed by atoms with Gasteiger partial charge in [-0.05, 0) is 30.0 Å². The molecule has 0 saturated carbocycles. The maximum atomic E-state index is 9.84. The highest BCUT2D eigenvalue weighted by atomic mass is 16.3. The van der Waals surface area contributed by atoms with Crippen LogP contribution in [0, 0.1) is 0 Å². The largest absolute Gasteiger partial charge is 0.389 e. The molecule has 4 N–H and O–H groups in total. The average molecular weight is 202 g/mol. The fourth-order valence-corrected chi connectivity index (χ4v) is 2.52. The van der Waals surface area contributed by atoms with E-state index in [-0.39, 0.29) is 12.1 Å². The number of aliphatic hydroxyl groups excluding tert-OH is 1. The number of anilines is 1. The second-order valence-corrected chi connectivity index (χ2v) is 4.18. The van der Waals surface area contributed by atoms with Gasteiger partial charge in [0.25, 0.3) is 0 Å². The molecule has 1 heterocycles. The zero-order valence-corrected chi connectivity index (χ0v) is 8.40. The highest BCUT2D eigenvalue weighted by Gasteiger charge is 2.33. The highest BCUT2D eigenvalue weighted by Crippen LogP contribution is 2.41. The van der Waals surface area contributed by atoms with Crippen LogP contribution in [0.3, 0.4) is 0 Å². The number of hydrogen-bond acceptors (Lipinski definition) is 3. The summed E-state index contributed by atoms with van der Waals surface area (Å²) in [6.07, 6.45) is 1.33. The number of rotatable bonds is 0. The van der Waals surface area contributed by atoms with E-state index in [0.29, 0.717) is 0 Å². The SMILES string of the molecule is NC1C2=C(CCC2O)Nc2ccccc21. The molecule has 1 aliphatic heterocycles. The molecule has 78 valence electrons. The standard InChI is InChI=1S/C12H14N2O/c13-12-7-3-1-2-4-8(7)14-9-5-6-10(15)11(9)12/h1-4,10,12,14-15H,5-6,13H2. The third-order valence-electron chi connectivity index (χ3n) is 3.29. The molecule has 3 nitrogen and oxygen atoms in total. The van der Waals surface area contributed by atoms with Crippen LogP contribution in [0.4, 0.5) is 5.69 Å². The Morgan fingerprint density at radius 2 is 2.13 bits per heavy atom. The number of nitrogens with two attached hydrogens (primary N) is 1. The van der Waals surface area contributed by atoms with Crippen LogP contribution in [0.5, 0.6) is 0 Å². The molecule has 0 fully saturated rings. The van der Waals surface area contributed by atoms with Crippen LogP contribution in [0.15, 0.2) is 35.5 Å². The molecule has 2 unspecified atom stereocenters. The first-order valence-electron chi connectivity index (χ1n) is 5.30. The molecule has 0 bridgehead atoms. The van der Waals surface area contributed by atoms with Crippen LogP contribution in [0.25, 0.3) is 0 Å². The first-order chi connectivity index (χ1) is 7.27. The lowest BCUT2D eigenvalue weighted by atomic mass is 9.92. The van der Waals surface area contributed by atoms with Crippen molar-refractivity contribution in [3.63, 3.8) is 0 Å². The number of para-hydroxylation sites is 1. The summed E-state index contributed by atoms with van der Waals surface area (Å²) in [6.45, 7) is 0. The molecule has 0 saturated heterocycles. The van der Waals surface area contributed by atoms with Crippen molar-refractivity contribution in [1.82, 2.24) is 0 Å². The third kappa shape index (κ3) is 1.20. The fraction of sp³-hybridized carbons (Fsp3) is 0.333. The molecule has 15 heavy (non-hydrogen) atoms. The maximum Gasteiger partial charge on any atom is 0.0792 e. The zero-order chi connectivity index (χ0) is 10.4. The van der Waals surface area contributed by atoms with E-state index in [0.717, 1.165) is 35.4 Å². The molecule has 2 atom stereocenters. The second-order valence-electron chi connectivity index (χ2n) is 4.18. The topological polar surface area (TPSA) is 58.3 Å². The van der Waals surface area contributed by atoms with Crippen LogP contribution in [-0.2, 0) is 0 Å². The lowest BCUT2D eigenvalue weighted by molar-refractivity contribution is 0.205. The van der Waals surface area contributed by atoms with E-state index in [4.69, 9.17) is 5.73 Å². The van der Waals surface area contributed by atoms with Crippen molar-refractivity contribution >= 4 is 5.69 Å². The van der Waals surface area contributed by atoms with Gasteiger partial charge in [-0.1, -0.05) is 18.2 Å². The smallest absolute Gasteiger partial charge is 0.0792 e. The van der Waals surface area contributed by atoms with E-state index in [9.17, 15) is 5.11 Å². The molecule has 0 amide bonds. The number of benzene rings is 1. The van der Waals surface area contributed by atoms with E-state index in [1.165, 1.54) is 0 Å². The molecular formula is C12H14N2O. The summed E-state index contributed by atoms with van der Waals surface area (Å²) in [7, 11) is 0. The van der Waals surface area contributed by atoms with E-state index < -0.39 is 0 Å². The normalized spacial score (nSPS) is 28.4. The summed E-state index contributed by atoms with van der Waals surface area (Å²) in [5.41, 5.74) is 10.4. The molecule has 2 aliphatic rings. The molecule has 0 spiro atoms. The first-order valence-corrected chi connectivity index (χ1v) is 5.30. The first kappa shape index (κ1) is 8.95. The Morgan fingerprint density at radius 3 is 3.00 bits per heavy atom. The minimum absolute atomic E-state index is 0.144. The van der Waals surface area contributed by atoms with Crippen molar-refractivity contribution in [3.05, 3.63) is 41.1 Å².